The minimum absolute atomic E-state index is 0.0223. The molecule has 1 N–H and O–H groups in total. The minimum atomic E-state index is -0.0223. The number of aryl methyl sites for hydroxylation is 2. The van der Waals surface area contributed by atoms with Crippen LogP contribution in [0.15, 0.2) is 23.1 Å². The lowest BCUT2D eigenvalue weighted by Gasteiger charge is -2.26. The molecule has 1 heterocycles. The van der Waals surface area contributed by atoms with Crippen LogP contribution in [0.3, 0.4) is 0 Å². The zero-order valence-electron chi connectivity index (χ0n) is 17.4. The predicted octanol–water partition coefficient (Wildman–Crippen LogP) is 5.03. The van der Waals surface area contributed by atoms with Crippen LogP contribution >= 0.6 is 0 Å². The van der Waals surface area contributed by atoms with Gasteiger partial charge >= 0.3 is 0 Å². The van der Waals surface area contributed by atoms with Crippen LogP contribution < -0.4 is 5.56 Å². The van der Waals surface area contributed by atoms with Crippen LogP contribution in [0.4, 0.5) is 0 Å². The van der Waals surface area contributed by atoms with Crippen molar-refractivity contribution in [2.45, 2.75) is 79.9 Å². The molecule has 0 aliphatic heterocycles. The van der Waals surface area contributed by atoms with Crippen molar-refractivity contribution in [2.75, 3.05) is 0 Å². The zero-order chi connectivity index (χ0) is 19.6. The van der Waals surface area contributed by atoms with E-state index in [4.69, 9.17) is 0 Å². The molecule has 1 aromatic carbocycles. The first-order chi connectivity index (χ1) is 12.1. The third-order valence-electron chi connectivity index (χ3n) is 5.23. The molecule has 0 atom stereocenters. The van der Waals surface area contributed by atoms with E-state index in [-0.39, 0.29) is 17.6 Å². The van der Waals surface area contributed by atoms with E-state index >= 15 is 0 Å². The van der Waals surface area contributed by atoms with Crippen molar-refractivity contribution in [3.63, 3.8) is 0 Å². The third-order valence-corrected chi connectivity index (χ3v) is 5.23. The first-order valence-corrected chi connectivity index (χ1v) is 9.57. The highest BCUT2D eigenvalue weighted by molar-refractivity contribution is 5.70. The lowest BCUT2D eigenvalue weighted by molar-refractivity contribution is 0.278. The van der Waals surface area contributed by atoms with Gasteiger partial charge in [-0.1, -0.05) is 40.2 Å². The molecule has 0 bridgehead atoms. The molecule has 0 aliphatic carbocycles. The van der Waals surface area contributed by atoms with E-state index in [9.17, 15) is 9.90 Å². The molecule has 1 aromatic heterocycles. The molecule has 0 saturated carbocycles. The van der Waals surface area contributed by atoms with Crippen molar-refractivity contribution in [1.29, 1.82) is 0 Å². The molecule has 0 spiro atoms. The van der Waals surface area contributed by atoms with Gasteiger partial charge in [0.15, 0.2) is 0 Å². The molecule has 2 rings (SSSR count). The lowest BCUT2D eigenvalue weighted by Crippen LogP contribution is -2.23. The van der Waals surface area contributed by atoms with Gasteiger partial charge in [-0.15, -0.1) is 0 Å². The van der Waals surface area contributed by atoms with Crippen molar-refractivity contribution in [2.24, 2.45) is 0 Å². The van der Waals surface area contributed by atoms with Crippen LogP contribution in [0.5, 0.6) is 0 Å². The Morgan fingerprint density at radius 2 is 1.73 bits per heavy atom. The summed E-state index contributed by atoms with van der Waals surface area (Å²) in [6.07, 6.45) is 4.04. The van der Waals surface area contributed by atoms with Crippen LogP contribution in [0, 0.1) is 20.8 Å². The van der Waals surface area contributed by atoms with Gasteiger partial charge in [-0.3, -0.25) is 4.79 Å². The molecule has 0 unspecified atom stereocenters. The highest BCUT2D eigenvalue weighted by Gasteiger charge is 2.22. The topological polar surface area (TPSA) is 42.2 Å². The fraction of sp³-hybridized carbons (Fsp3) is 0.522. The van der Waals surface area contributed by atoms with Gasteiger partial charge in [-0.05, 0) is 66.5 Å². The van der Waals surface area contributed by atoms with Crippen molar-refractivity contribution in [3.8, 4) is 11.1 Å². The molecule has 0 fully saturated rings. The Kier molecular flexibility index (Phi) is 6.13. The monoisotopic (exact) mass is 355 g/mol. The van der Waals surface area contributed by atoms with Gasteiger partial charge in [0.25, 0.3) is 5.56 Å². The summed E-state index contributed by atoms with van der Waals surface area (Å²) in [5.74, 6) is 0. The molecular formula is C23H33NO2. The van der Waals surface area contributed by atoms with Crippen LogP contribution in [0.25, 0.3) is 11.1 Å². The molecule has 26 heavy (non-hydrogen) atoms. The van der Waals surface area contributed by atoms with E-state index in [0.717, 1.165) is 47.2 Å². The number of rotatable bonds is 5. The van der Waals surface area contributed by atoms with Gasteiger partial charge in [-0.25, -0.2) is 0 Å². The number of hydrogen-bond donors (Lipinski definition) is 1. The second-order valence-electron chi connectivity index (χ2n) is 8.38. The highest BCUT2D eigenvalue weighted by atomic mass is 16.3. The molecule has 3 nitrogen and oxygen atoms in total. The first-order valence-electron chi connectivity index (χ1n) is 9.57. The fourth-order valence-electron chi connectivity index (χ4n) is 3.89. The lowest BCUT2D eigenvalue weighted by atomic mass is 9.79. The van der Waals surface area contributed by atoms with Crippen molar-refractivity contribution < 1.29 is 5.11 Å². The molecule has 2 aromatic rings. The SMILES string of the molecule is CCCCn1cc(-c2cc(C)c(C(C)(C)C)c(CO)c2)c(C)c(C)c1=O. The Labute approximate surface area is 157 Å². The number of benzene rings is 1. The Hall–Kier alpha value is -1.87. The molecule has 142 valence electrons. The number of nitrogens with zero attached hydrogens (tertiary/aromatic N) is 1. The van der Waals surface area contributed by atoms with Crippen LogP contribution in [0.1, 0.15) is 68.4 Å². The van der Waals surface area contributed by atoms with E-state index in [1.807, 2.05) is 24.6 Å². The van der Waals surface area contributed by atoms with E-state index in [2.05, 4.69) is 46.8 Å². The summed E-state index contributed by atoms with van der Waals surface area (Å²) in [6, 6.07) is 4.28. The number of pyridine rings is 1. The van der Waals surface area contributed by atoms with Gasteiger partial charge < -0.3 is 9.67 Å². The highest BCUT2D eigenvalue weighted by Crippen LogP contribution is 2.34. The summed E-state index contributed by atoms with van der Waals surface area (Å²) in [4.78, 5) is 12.6. The zero-order valence-corrected chi connectivity index (χ0v) is 17.4. The van der Waals surface area contributed by atoms with Gasteiger partial charge in [0, 0.05) is 23.9 Å². The maximum atomic E-state index is 12.6. The summed E-state index contributed by atoms with van der Waals surface area (Å²) in [7, 11) is 0. The van der Waals surface area contributed by atoms with E-state index in [0.29, 0.717) is 0 Å². The van der Waals surface area contributed by atoms with Crippen molar-refractivity contribution >= 4 is 0 Å². The Balaban J connectivity index is 2.70. The largest absolute Gasteiger partial charge is 0.392 e. The van der Waals surface area contributed by atoms with Gasteiger partial charge in [0.05, 0.1) is 6.61 Å². The summed E-state index contributed by atoms with van der Waals surface area (Å²) in [6.45, 7) is 15.5. The van der Waals surface area contributed by atoms with E-state index < -0.39 is 0 Å². The first kappa shape index (κ1) is 20.4. The molecular weight excluding hydrogens is 322 g/mol. The Morgan fingerprint density at radius 3 is 2.27 bits per heavy atom. The van der Waals surface area contributed by atoms with Gasteiger partial charge in [0.2, 0.25) is 0 Å². The number of hydrogen-bond acceptors (Lipinski definition) is 2. The Bertz CT molecular complexity index is 854. The maximum Gasteiger partial charge on any atom is 0.253 e. The van der Waals surface area contributed by atoms with Crippen molar-refractivity contribution in [1.82, 2.24) is 4.57 Å². The fourth-order valence-corrected chi connectivity index (χ4v) is 3.89. The average molecular weight is 356 g/mol. The molecule has 3 heteroatoms. The van der Waals surface area contributed by atoms with Crippen molar-refractivity contribution in [3.05, 3.63) is 56.5 Å². The third kappa shape index (κ3) is 3.93. The number of aromatic nitrogens is 1. The van der Waals surface area contributed by atoms with Crippen LogP contribution in [-0.4, -0.2) is 9.67 Å². The standard InChI is InChI=1S/C23H33NO2/c1-8-9-10-24-13-20(16(3)17(4)22(24)26)18-11-15(2)21(23(5,6)7)19(12-18)14-25/h11-13,25H,8-10,14H2,1-7H3. The summed E-state index contributed by atoms with van der Waals surface area (Å²) in [5, 5.41) is 9.96. The average Bonchev–Trinajstić information content (AvgIpc) is 2.57. The van der Waals surface area contributed by atoms with Gasteiger partial charge in [0.1, 0.15) is 0 Å². The second kappa shape index (κ2) is 7.79. The summed E-state index contributed by atoms with van der Waals surface area (Å²) in [5.41, 5.74) is 7.42. The second-order valence-corrected chi connectivity index (χ2v) is 8.38. The van der Waals surface area contributed by atoms with E-state index in [1.54, 1.807) is 0 Å². The number of unbranched alkanes of at least 4 members (excludes halogenated alkanes) is 1. The normalized spacial score (nSPS) is 11.8. The quantitative estimate of drug-likeness (QED) is 0.817. The molecule has 0 amide bonds. The smallest absolute Gasteiger partial charge is 0.253 e. The molecule has 0 radical (unpaired) electrons. The minimum Gasteiger partial charge on any atom is -0.392 e. The predicted molar refractivity (Wildman–Crippen MR) is 110 cm³/mol. The maximum absolute atomic E-state index is 12.6. The van der Waals surface area contributed by atoms with Gasteiger partial charge in [-0.2, -0.15) is 0 Å². The number of aliphatic hydroxyl groups is 1. The Morgan fingerprint density at radius 1 is 1.08 bits per heavy atom. The summed E-state index contributed by atoms with van der Waals surface area (Å²) < 4.78 is 1.84. The molecule has 0 saturated heterocycles. The van der Waals surface area contributed by atoms with Crippen LogP contribution in [0.2, 0.25) is 0 Å². The summed E-state index contributed by atoms with van der Waals surface area (Å²) >= 11 is 0. The number of aliphatic hydroxyl groups excluding tert-OH is 1. The van der Waals surface area contributed by atoms with Crippen LogP contribution in [-0.2, 0) is 18.6 Å². The molecule has 0 aliphatic rings. The van der Waals surface area contributed by atoms with E-state index in [1.165, 1.54) is 11.1 Å².